The number of fused-ring (bicyclic) bond motifs is 1. The van der Waals surface area contributed by atoms with Crippen LogP contribution in [0.2, 0.25) is 5.15 Å². The van der Waals surface area contributed by atoms with Crippen molar-refractivity contribution in [3.05, 3.63) is 46.1 Å². The molecule has 1 aliphatic heterocycles. The summed E-state index contributed by atoms with van der Waals surface area (Å²) < 4.78 is 13.9. The van der Waals surface area contributed by atoms with Crippen LogP contribution in [-0.4, -0.2) is 68.5 Å². The zero-order valence-corrected chi connectivity index (χ0v) is 27.7. The second kappa shape index (κ2) is 10.7. The van der Waals surface area contributed by atoms with Gasteiger partial charge in [-0.05, 0) is 93.1 Å². The number of rotatable bonds is 8. The Morgan fingerprint density at radius 1 is 1.09 bits per heavy atom. The van der Waals surface area contributed by atoms with E-state index in [0.29, 0.717) is 23.9 Å². The van der Waals surface area contributed by atoms with Gasteiger partial charge >= 0.3 is 5.97 Å². The molecule has 0 radical (unpaired) electrons. The molecule has 0 saturated heterocycles. The van der Waals surface area contributed by atoms with E-state index in [1.54, 1.807) is 6.20 Å². The quantitative estimate of drug-likeness (QED) is 0.298. The zero-order valence-electron chi connectivity index (χ0n) is 27.0. The largest absolute Gasteiger partial charge is 0.464 e. The minimum atomic E-state index is -0.500. The summed E-state index contributed by atoms with van der Waals surface area (Å²) in [5, 5.41) is 23.8. The highest BCUT2D eigenvalue weighted by Gasteiger charge is 2.66. The highest BCUT2D eigenvalue weighted by atomic mass is 35.5. The average Bonchev–Trinajstić information content (AvgIpc) is 3.33. The normalized spacial score (nSPS) is 30.1. The first-order valence-corrected chi connectivity index (χ1v) is 16.4. The third-order valence-corrected chi connectivity index (χ3v) is 11.3. The van der Waals surface area contributed by atoms with Crippen LogP contribution in [-0.2, 0) is 22.4 Å². The van der Waals surface area contributed by atoms with Crippen molar-refractivity contribution in [3.63, 3.8) is 0 Å². The summed E-state index contributed by atoms with van der Waals surface area (Å²) >= 11 is 6.36. The van der Waals surface area contributed by atoms with Gasteiger partial charge in [0.2, 0.25) is 0 Å². The lowest BCUT2D eigenvalue weighted by Gasteiger charge is -2.69. The predicted octanol–water partition coefficient (Wildman–Crippen LogP) is 6.00. The van der Waals surface area contributed by atoms with Crippen LogP contribution in [0.15, 0.2) is 18.5 Å². The lowest BCUT2D eigenvalue weighted by Crippen LogP contribution is -2.64. The van der Waals surface area contributed by atoms with Crippen LogP contribution in [0, 0.1) is 30.1 Å². The number of hydrogen-bond acceptors (Lipinski definition) is 9. The molecule has 11 heteroatoms. The van der Waals surface area contributed by atoms with Gasteiger partial charge in [0.05, 0.1) is 37.8 Å². The summed E-state index contributed by atoms with van der Waals surface area (Å²) in [6, 6.07) is 1.93. The van der Waals surface area contributed by atoms with Gasteiger partial charge in [0.15, 0.2) is 16.7 Å². The van der Waals surface area contributed by atoms with Gasteiger partial charge < -0.3 is 19.5 Å². The highest BCUT2D eigenvalue weighted by molar-refractivity contribution is 6.30. The van der Waals surface area contributed by atoms with Gasteiger partial charge in [-0.25, -0.2) is 9.78 Å². The summed E-state index contributed by atoms with van der Waals surface area (Å²) in [7, 11) is 1.38. The van der Waals surface area contributed by atoms with E-state index in [4.69, 9.17) is 26.2 Å². The summed E-state index contributed by atoms with van der Waals surface area (Å²) in [4.78, 5) is 19.8. The Balaban J connectivity index is 1.30. The summed E-state index contributed by atoms with van der Waals surface area (Å²) in [6.45, 7) is 10.8. The maximum atomic E-state index is 13.2. The first-order valence-electron chi connectivity index (χ1n) is 16.1. The van der Waals surface area contributed by atoms with Crippen molar-refractivity contribution < 1.29 is 19.4 Å². The Labute approximate surface area is 269 Å². The number of aliphatic hydroxyl groups excluding tert-OH is 1. The van der Waals surface area contributed by atoms with E-state index < -0.39 is 5.97 Å². The first kappa shape index (κ1) is 30.6. The number of anilines is 2. The number of carbonyl (C=O) groups is 1. The van der Waals surface area contributed by atoms with E-state index in [-0.39, 0.29) is 34.1 Å². The Bertz CT molecular complexity index is 1650. The molecule has 0 aromatic carbocycles. The van der Waals surface area contributed by atoms with E-state index >= 15 is 0 Å². The second-order valence-corrected chi connectivity index (χ2v) is 15.3. The lowest BCUT2D eigenvalue weighted by atomic mass is 9.39. The fourth-order valence-electron chi connectivity index (χ4n) is 10.6. The van der Waals surface area contributed by atoms with Gasteiger partial charge in [0.25, 0.3) is 0 Å². The Morgan fingerprint density at radius 2 is 1.84 bits per heavy atom. The second-order valence-electron chi connectivity index (χ2n) is 15.0. The third-order valence-electron chi connectivity index (χ3n) is 10.9. The van der Waals surface area contributed by atoms with Crippen LogP contribution in [0.25, 0.3) is 11.1 Å². The average molecular weight is 635 g/mol. The fraction of sp³-hybridized carbons (Fsp3) is 0.618. The van der Waals surface area contributed by atoms with E-state index in [0.717, 1.165) is 85.4 Å². The first-order chi connectivity index (χ1) is 21.4. The number of hydrogen-bond donors (Lipinski definition) is 1. The van der Waals surface area contributed by atoms with Crippen molar-refractivity contribution in [2.24, 2.45) is 16.2 Å². The van der Waals surface area contributed by atoms with Crippen LogP contribution >= 0.6 is 11.6 Å². The Morgan fingerprint density at radius 3 is 2.56 bits per heavy atom. The molecule has 2 unspecified atom stereocenters. The molecule has 0 amide bonds. The van der Waals surface area contributed by atoms with Crippen LogP contribution in [0.4, 0.5) is 11.5 Å². The Hall–Kier alpha value is -3.08. The molecule has 4 heterocycles. The van der Waals surface area contributed by atoms with Crippen molar-refractivity contribution in [2.45, 2.75) is 91.2 Å². The van der Waals surface area contributed by atoms with Crippen LogP contribution in [0.1, 0.15) is 86.1 Å². The van der Waals surface area contributed by atoms with Crippen molar-refractivity contribution in [1.82, 2.24) is 25.0 Å². The number of halogens is 1. The van der Waals surface area contributed by atoms with Crippen LogP contribution in [0.5, 0.6) is 0 Å². The van der Waals surface area contributed by atoms with Gasteiger partial charge in [0, 0.05) is 41.7 Å². The maximum Gasteiger partial charge on any atom is 0.357 e. The number of ether oxygens (including phenoxy) is 2. The minimum absolute atomic E-state index is 0.0307. The third kappa shape index (κ3) is 5.04. The molecule has 4 fully saturated rings. The molecule has 45 heavy (non-hydrogen) atoms. The zero-order chi connectivity index (χ0) is 31.8. The summed E-state index contributed by atoms with van der Waals surface area (Å²) in [6.07, 6.45) is 11.8. The monoisotopic (exact) mass is 634 g/mol. The van der Waals surface area contributed by atoms with Crippen LogP contribution in [0.3, 0.4) is 0 Å². The maximum absolute atomic E-state index is 13.2. The van der Waals surface area contributed by atoms with E-state index in [2.05, 4.69) is 45.5 Å². The smallest absolute Gasteiger partial charge is 0.357 e. The molecule has 10 nitrogen and oxygen atoms in total. The number of methoxy groups -OCH3 is 1. The number of nitrogens with zero attached hydrogens (tertiary/aromatic N) is 6. The molecular formula is C34H43ClN6O4. The molecule has 0 spiro atoms. The molecule has 4 saturated carbocycles. The predicted molar refractivity (Wildman–Crippen MR) is 171 cm³/mol. The van der Waals surface area contributed by atoms with Crippen molar-refractivity contribution >= 4 is 29.1 Å². The molecule has 3 aromatic rings. The number of aliphatic hydroxyl groups is 1. The van der Waals surface area contributed by atoms with Gasteiger partial charge in [-0.2, -0.15) is 5.10 Å². The van der Waals surface area contributed by atoms with Gasteiger partial charge in [0.1, 0.15) is 0 Å². The van der Waals surface area contributed by atoms with E-state index in [1.807, 2.05) is 19.2 Å². The van der Waals surface area contributed by atoms with Gasteiger partial charge in [-0.15, -0.1) is 10.2 Å². The minimum Gasteiger partial charge on any atom is -0.464 e. The number of aromatic nitrogens is 5. The molecule has 8 rings (SSSR count). The highest BCUT2D eigenvalue weighted by Crippen LogP contribution is 2.72. The SMILES string of the molecule is COC(=O)c1nccc(N2CCCc3c2nnc(Cl)c3C)c1-c1cnn(CC23CC4(C)CC(C)(C2)CC(OCCO)(C4)C3)c1C. The molecule has 4 bridgehead atoms. The molecule has 4 aliphatic carbocycles. The molecule has 240 valence electrons. The lowest BCUT2D eigenvalue weighted by molar-refractivity contribution is -0.250. The van der Waals surface area contributed by atoms with Crippen molar-refractivity contribution in [2.75, 3.05) is 31.8 Å². The van der Waals surface area contributed by atoms with Crippen LogP contribution < -0.4 is 4.90 Å². The molecular weight excluding hydrogens is 592 g/mol. The van der Waals surface area contributed by atoms with Gasteiger partial charge in [-0.3, -0.25) is 4.68 Å². The Kier molecular flexibility index (Phi) is 7.30. The summed E-state index contributed by atoms with van der Waals surface area (Å²) in [5.74, 6) is 0.249. The summed E-state index contributed by atoms with van der Waals surface area (Å²) in [5.41, 5.74) is 5.77. The fourth-order valence-corrected chi connectivity index (χ4v) is 10.7. The molecule has 2 atom stereocenters. The molecule has 5 aliphatic rings. The standard InChI is InChI=1S/C34H43ClN6O4/c1-21-23-7-6-10-40(29(23)39-38-28(21)35)25-8-9-36-27(30(43)44-5)26(25)24-13-37-41(22(24)2)20-33-15-31(3)14-32(4,16-33)18-34(17-31,19-33)45-12-11-42/h8-9,13,42H,6-7,10-12,14-20H2,1-5H3. The number of carbonyl (C=O) groups excluding carboxylic acids is 1. The van der Waals surface area contributed by atoms with E-state index in [9.17, 15) is 9.90 Å². The van der Waals surface area contributed by atoms with Gasteiger partial charge in [-0.1, -0.05) is 25.4 Å². The van der Waals surface area contributed by atoms with Crippen molar-refractivity contribution in [1.29, 1.82) is 0 Å². The molecule has 1 N–H and O–H groups in total. The number of pyridine rings is 1. The number of esters is 1. The van der Waals surface area contributed by atoms with Crippen molar-refractivity contribution in [3.8, 4) is 11.1 Å². The molecule has 3 aromatic heterocycles. The topological polar surface area (TPSA) is 115 Å². The van der Waals surface area contributed by atoms with E-state index in [1.165, 1.54) is 13.5 Å².